The molecule has 0 aliphatic heterocycles. The van der Waals surface area contributed by atoms with Crippen LogP contribution in [0.15, 0.2) is 11.6 Å². The Bertz CT molecular complexity index is 176. The summed E-state index contributed by atoms with van der Waals surface area (Å²) in [6.45, 7) is 7.78. The predicted octanol–water partition coefficient (Wildman–Crippen LogP) is 3.51. The second kappa shape index (κ2) is 6.23. The highest BCUT2D eigenvalue weighted by molar-refractivity contribution is 5.07. The van der Waals surface area contributed by atoms with Gasteiger partial charge in [-0.15, -0.1) is 0 Å². The molecule has 0 saturated heterocycles. The standard InChI is InChI=1S/C13H25N/c1-4-12(10-14-11(2)3)9-13-7-5-6-8-13/h9,11,13-14H,4-8,10H2,1-3H3. The summed E-state index contributed by atoms with van der Waals surface area (Å²) in [4.78, 5) is 0. The van der Waals surface area contributed by atoms with Gasteiger partial charge in [-0.25, -0.2) is 0 Å². The number of allylic oxidation sites excluding steroid dienone is 1. The van der Waals surface area contributed by atoms with E-state index in [0.29, 0.717) is 6.04 Å². The van der Waals surface area contributed by atoms with Crippen LogP contribution in [0.5, 0.6) is 0 Å². The van der Waals surface area contributed by atoms with Gasteiger partial charge in [0.25, 0.3) is 0 Å². The summed E-state index contributed by atoms with van der Waals surface area (Å²) in [5, 5.41) is 3.50. The third-order valence-electron chi connectivity index (χ3n) is 3.06. The van der Waals surface area contributed by atoms with Crippen LogP contribution in [0.1, 0.15) is 52.9 Å². The van der Waals surface area contributed by atoms with Gasteiger partial charge in [0, 0.05) is 12.6 Å². The van der Waals surface area contributed by atoms with Gasteiger partial charge in [-0.3, -0.25) is 0 Å². The zero-order valence-electron chi connectivity index (χ0n) is 9.97. The first kappa shape index (κ1) is 11.8. The van der Waals surface area contributed by atoms with Gasteiger partial charge >= 0.3 is 0 Å². The molecule has 82 valence electrons. The quantitative estimate of drug-likeness (QED) is 0.662. The van der Waals surface area contributed by atoms with E-state index in [0.717, 1.165) is 12.5 Å². The van der Waals surface area contributed by atoms with E-state index in [1.807, 2.05) is 0 Å². The van der Waals surface area contributed by atoms with Crippen molar-refractivity contribution < 1.29 is 0 Å². The summed E-state index contributed by atoms with van der Waals surface area (Å²) in [7, 11) is 0. The summed E-state index contributed by atoms with van der Waals surface area (Å²) in [6.07, 6.45) is 9.46. The summed E-state index contributed by atoms with van der Waals surface area (Å²) in [5.74, 6) is 0.888. The van der Waals surface area contributed by atoms with Crippen LogP contribution in [0, 0.1) is 5.92 Å². The van der Waals surface area contributed by atoms with Crippen LogP contribution in [-0.4, -0.2) is 12.6 Å². The minimum atomic E-state index is 0.605. The van der Waals surface area contributed by atoms with Gasteiger partial charge in [0.15, 0.2) is 0 Å². The lowest BCUT2D eigenvalue weighted by Gasteiger charge is -2.12. The Morgan fingerprint density at radius 2 is 2.00 bits per heavy atom. The fraction of sp³-hybridized carbons (Fsp3) is 0.846. The third kappa shape index (κ3) is 4.28. The Kier molecular flexibility index (Phi) is 5.24. The molecule has 1 fully saturated rings. The van der Waals surface area contributed by atoms with Gasteiger partial charge in [-0.2, -0.15) is 0 Å². The van der Waals surface area contributed by atoms with Crippen molar-refractivity contribution in [2.75, 3.05) is 6.54 Å². The average molecular weight is 195 g/mol. The minimum Gasteiger partial charge on any atom is -0.311 e. The van der Waals surface area contributed by atoms with Crippen LogP contribution in [-0.2, 0) is 0 Å². The smallest absolute Gasteiger partial charge is 0.0166 e. The molecule has 14 heavy (non-hydrogen) atoms. The van der Waals surface area contributed by atoms with Crippen molar-refractivity contribution in [1.82, 2.24) is 5.32 Å². The van der Waals surface area contributed by atoms with Crippen LogP contribution in [0.2, 0.25) is 0 Å². The van der Waals surface area contributed by atoms with Crippen molar-refractivity contribution in [3.8, 4) is 0 Å². The van der Waals surface area contributed by atoms with Gasteiger partial charge in [-0.1, -0.05) is 45.3 Å². The first-order chi connectivity index (χ1) is 6.72. The maximum absolute atomic E-state index is 3.50. The van der Waals surface area contributed by atoms with E-state index >= 15 is 0 Å². The highest BCUT2D eigenvalue weighted by atomic mass is 14.9. The Labute approximate surface area is 89.0 Å². The highest BCUT2D eigenvalue weighted by Crippen LogP contribution is 2.27. The van der Waals surface area contributed by atoms with E-state index in [9.17, 15) is 0 Å². The molecule has 1 saturated carbocycles. The second-order valence-electron chi connectivity index (χ2n) is 4.76. The summed E-state index contributed by atoms with van der Waals surface area (Å²) in [6, 6.07) is 0.605. The zero-order valence-corrected chi connectivity index (χ0v) is 9.97. The molecule has 0 aromatic carbocycles. The van der Waals surface area contributed by atoms with Crippen LogP contribution in [0.25, 0.3) is 0 Å². The minimum absolute atomic E-state index is 0.605. The first-order valence-corrected chi connectivity index (χ1v) is 6.15. The first-order valence-electron chi connectivity index (χ1n) is 6.15. The van der Waals surface area contributed by atoms with Crippen molar-refractivity contribution in [2.45, 2.75) is 58.9 Å². The molecule has 0 unspecified atom stereocenters. The van der Waals surface area contributed by atoms with E-state index in [1.165, 1.54) is 32.1 Å². The van der Waals surface area contributed by atoms with Crippen molar-refractivity contribution in [3.05, 3.63) is 11.6 Å². The molecule has 1 heteroatoms. The van der Waals surface area contributed by atoms with Crippen molar-refractivity contribution in [2.24, 2.45) is 5.92 Å². The van der Waals surface area contributed by atoms with Crippen molar-refractivity contribution >= 4 is 0 Å². The van der Waals surface area contributed by atoms with E-state index in [2.05, 4.69) is 32.2 Å². The lowest BCUT2D eigenvalue weighted by molar-refractivity contribution is 0.605. The molecular weight excluding hydrogens is 170 g/mol. The third-order valence-corrected chi connectivity index (χ3v) is 3.06. The fourth-order valence-corrected chi connectivity index (χ4v) is 2.09. The van der Waals surface area contributed by atoms with Gasteiger partial charge in [0.05, 0.1) is 0 Å². The van der Waals surface area contributed by atoms with Crippen LogP contribution in [0.4, 0.5) is 0 Å². The largest absolute Gasteiger partial charge is 0.311 e. The topological polar surface area (TPSA) is 12.0 Å². The lowest BCUT2D eigenvalue weighted by atomic mass is 10.0. The summed E-state index contributed by atoms with van der Waals surface area (Å²) < 4.78 is 0. The Morgan fingerprint density at radius 1 is 1.36 bits per heavy atom. The van der Waals surface area contributed by atoms with E-state index in [-0.39, 0.29) is 0 Å². The second-order valence-corrected chi connectivity index (χ2v) is 4.76. The Balaban J connectivity index is 2.35. The molecule has 1 nitrogen and oxygen atoms in total. The monoisotopic (exact) mass is 195 g/mol. The molecule has 0 heterocycles. The predicted molar refractivity (Wildman–Crippen MR) is 63.5 cm³/mol. The van der Waals surface area contributed by atoms with E-state index in [4.69, 9.17) is 0 Å². The molecule has 0 spiro atoms. The molecular formula is C13H25N. The molecule has 1 aliphatic rings. The number of hydrogen-bond acceptors (Lipinski definition) is 1. The number of rotatable bonds is 5. The number of nitrogens with one attached hydrogen (secondary N) is 1. The molecule has 1 aliphatic carbocycles. The molecule has 0 bridgehead atoms. The maximum atomic E-state index is 3.50. The van der Waals surface area contributed by atoms with E-state index in [1.54, 1.807) is 5.57 Å². The Morgan fingerprint density at radius 3 is 2.50 bits per heavy atom. The fourth-order valence-electron chi connectivity index (χ4n) is 2.09. The summed E-state index contributed by atoms with van der Waals surface area (Å²) in [5.41, 5.74) is 1.60. The van der Waals surface area contributed by atoms with Crippen LogP contribution in [0.3, 0.4) is 0 Å². The highest BCUT2D eigenvalue weighted by Gasteiger charge is 2.12. The molecule has 0 amide bonds. The van der Waals surface area contributed by atoms with E-state index < -0.39 is 0 Å². The van der Waals surface area contributed by atoms with Crippen LogP contribution < -0.4 is 5.32 Å². The molecule has 1 rings (SSSR count). The average Bonchev–Trinajstić information content (AvgIpc) is 2.64. The van der Waals surface area contributed by atoms with Gasteiger partial charge in [-0.05, 0) is 25.2 Å². The van der Waals surface area contributed by atoms with Crippen LogP contribution >= 0.6 is 0 Å². The lowest BCUT2D eigenvalue weighted by Crippen LogP contribution is -2.25. The normalized spacial score (nSPS) is 19.6. The summed E-state index contributed by atoms with van der Waals surface area (Å²) >= 11 is 0. The molecule has 1 N–H and O–H groups in total. The SMILES string of the molecule is CCC(=CC1CCCC1)CNC(C)C. The maximum Gasteiger partial charge on any atom is 0.0166 e. The van der Waals surface area contributed by atoms with Crippen molar-refractivity contribution in [3.63, 3.8) is 0 Å². The molecule has 0 aromatic rings. The molecule has 0 aromatic heterocycles. The van der Waals surface area contributed by atoms with Gasteiger partial charge in [0.1, 0.15) is 0 Å². The number of hydrogen-bond donors (Lipinski definition) is 1. The van der Waals surface area contributed by atoms with Gasteiger partial charge in [0.2, 0.25) is 0 Å². The molecule has 0 atom stereocenters. The Hall–Kier alpha value is -0.300. The van der Waals surface area contributed by atoms with Gasteiger partial charge < -0.3 is 5.32 Å². The van der Waals surface area contributed by atoms with Crippen molar-refractivity contribution in [1.29, 1.82) is 0 Å². The molecule has 0 radical (unpaired) electrons. The zero-order chi connectivity index (χ0) is 10.4.